The zero-order valence-corrected chi connectivity index (χ0v) is 21.2. The maximum atomic E-state index is 15.1. The van der Waals surface area contributed by atoms with E-state index in [1.165, 1.54) is 6.20 Å². The van der Waals surface area contributed by atoms with E-state index in [-0.39, 0.29) is 42.9 Å². The average Bonchev–Trinajstić information content (AvgIpc) is 3.32. The van der Waals surface area contributed by atoms with Gasteiger partial charge in [-0.3, -0.25) is 0 Å². The van der Waals surface area contributed by atoms with Gasteiger partial charge >= 0.3 is 0 Å². The number of ether oxygens (including phenoxy) is 3. The van der Waals surface area contributed by atoms with Crippen LogP contribution < -0.4 is 10.1 Å². The molecule has 37 heavy (non-hydrogen) atoms. The van der Waals surface area contributed by atoms with Gasteiger partial charge in [-0.15, -0.1) is 0 Å². The highest BCUT2D eigenvalue weighted by atomic mass is 19.1. The molecule has 0 spiro atoms. The number of aliphatic imine (C=N–C) groups is 1. The summed E-state index contributed by atoms with van der Waals surface area (Å²) in [6.07, 6.45) is 5.28. The highest BCUT2D eigenvalue weighted by molar-refractivity contribution is 5.90. The van der Waals surface area contributed by atoms with Gasteiger partial charge in [-0.05, 0) is 37.3 Å². The van der Waals surface area contributed by atoms with Crippen molar-refractivity contribution in [3.05, 3.63) is 47.8 Å². The van der Waals surface area contributed by atoms with Gasteiger partial charge in [-0.25, -0.2) is 18.8 Å². The molecule has 2 aliphatic rings. The number of aliphatic hydroxyl groups is 1. The Kier molecular flexibility index (Phi) is 7.04. The SMILES string of the molecule is CC1OCCCC1c1c[nH]c2nccc(Oc3c(F)cc(NC4=NC[C@@](CO)(C(C)C)CO4)cc3F)c12. The predicted octanol–water partition coefficient (Wildman–Crippen LogP) is 5.35. The number of aromatic amines is 1. The van der Waals surface area contributed by atoms with Crippen LogP contribution in [0.3, 0.4) is 0 Å². The molecule has 0 saturated carbocycles. The Morgan fingerprint density at radius 1 is 1.30 bits per heavy atom. The quantitative estimate of drug-likeness (QED) is 0.410. The number of benzene rings is 1. The molecule has 0 amide bonds. The second-order valence-electron chi connectivity index (χ2n) is 10.2. The molecule has 2 aromatic heterocycles. The summed E-state index contributed by atoms with van der Waals surface area (Å²) < 4.78 is 47.5. The van der Waals surface area contributed by atoms with E-state index in [0.29, 0.717) is 23.3 Å². The van der Waals surface area contributed by atoms with E-state index in [0.717, 1.165) is 37.1 Å². The lowest BCUT2D eigenvalue weighted by atomic mass is 9.78. The van der Waals surface area contributed by atoms with Gasteiger partial charge in [0.15, 0.2) is 17.4 Å². The number of fused-ring (bicyclic) bond motifs is 1. The topological polar surface area (TPSA) is 101 Å². The van der Waals surface area contributed by atoms with Crippen LogP contribution in [-0.4, -0.2) is 53.6 Å². The molecule has 3 N–H and O–H groups in total. The van der Waals surface area contributed by atoms with E-state index in [9.17, 15) is 5.11 Å². The first kappa shape index (κ1) is 25.4. The number of anilines is 1. The molecule has 2 unspecified atom stereocenters. The number of hydrogen-bond acceptors (Lipinski definition) is 7. The third-order valence-electron chi connectivity index (χ3n) is 7.61. The summed E-state index contributed by atoms with van der Waals surface area (Å²) >= 11 is 0. The Morgan fingerprint density at radius 3 is 2.73 bits per heavy atom. The van der Waals surface area contributed by atoms with Gasteiger partial charge in [-0.2, -0.15) is 0 Å². The zero-order chi connectivity index (χ0) is 26.2. The van der Waals surface area contributed by atoms with Crippen LogP contribution in [0.25, 0.3) is 11.0 Å². The van der Waals surface area contributed by atoms with E-state index in [4.69, 9.17) is 14.2 Å². The van der Waals surface area contributed by atoms with Crippen molar-refractivity contribution in [3.63, 3.8) is 0 Å². The van der Waals surface area contributed by atoms with Crippen LogP contribution in [0.5, 0.6) is 11.5 Å². The van der Waals surface area contributed by atoms with Crippen LogP contribution in [0.2, 0.25) is 0 Å². The van der Waals surface area contributed by atoms with Gasteiger partial charge < -0.3 is 29.6 Å². The van der Waals surface area contributed by atoms with Crippen molar-refractivity contribution in [3.8, 4) is 11.5 Å². The molecule has 1 fully saturated rings. The third-order valence-corrected chi connectivity index (χ3v) is 7.61. The number of nitrogens with zero attached hydrogens (tertiary/aromatic N) is 2. The van der Waals surface area contributed by atoms with Crippen molar-refractivity contribution >= 4 is 22.7 Å². The first-order valence-electron chi connectivity index (χ1n) is 12.6. The summed E-state index contributed by atoms with van der Waals surface area (Å²) in [5.74, 6) is -1.67. The number of rotatable bonds is 6. The molecule has 0 bridgehead atoms. The number of nitrogens with one attached hydrogen (secondary N) is 2. The van der Waals surface area contributed by atoms with Crippen molar-refractivity contribution in [2.75, 3.05) is 31.7 Å². The third kappa shape index (κ3) is 4.87. The van der Waals surface area contributed by atoms with E-state index in [2.05, 4.69) is 20.3 Å². The molecule has 3 aromatic rings. The average molecular weight is 515 g/mol. The Bertz CT molecular complexity index is 1290. The maximum Gasteiger partial charge on any atom is 0.289 e. The van der Waals surface area contributed by atoms with Crippen LogP contribution in [0.15, 0.2) is 35.6 Å². The predicted molar refractivity (Wildman–Crippen MR) is 136 cm³/mol. The number of aliphatic hydroxyl groups excluding tert-OH is 1. The molecule has 4 heterocycles. The van der Waals surface area contributed by atoms with E-state index >= 15 is 8.78 Å². The largest absolute Gasteiger partial charge is 0.464 e. The molecule has 8 nitrogen and oxygen atoms in total. The lowest BCUT2D eigenvalue weighted by molar-refractivity contribution is 0.0119. The van der Waals surface area contributed by atoms with Crippen LogP contribution in [-0.2, 0) is 9.47 Å². The van der Waals surface area contributed by atoms with Crippen LogP contribution in [0.1, 0.15) is 45.1 Å². The lowest BCUT2D eigenvalue weighted by Crippen LogP contribution is -2.44. The summed E-state index contributed by atoms with van der Waals surface area (Å²) in [5.41, 5.74) is 1.19. The van der Waals surface area contributed by atoms with Crippen molar-refractivity contribution in [2.24, 2.45) is 16.3 Å². The molecule has 0 radical (unpaired) electrons. The van der Waals surface area contributed by atoms with E-state index < -0.39 is 22.8 Å². The molecule has 198 valence electrons. The van der Waals surface area contributed by atoms with Crippen molar-refractivity contribution < 1.29 is 28.1 Å². The minimum absolute atomic E-state index is 0.00707. The Labute approximate surface area is 214 Å². The number of aromatic nitrogens is 2. The summed E-state index contributed by atoms with van der Waals surface area (Å²) in [6.45, 7) is 7.27. The Morgan fingerprint density at radius 2 is 2.08 bits per heavy atom. The van der Waals surface area contributed by atoms with Gasteiger partial charge in [0.1, 0.15) is 18.0 Å². The maximum absolute atomic E-state index is 15.1. The molecule has 0 aliphatic carbocycles. The fraction of sp³-hybridized carbons (Fsp3) is 0.481. The van der Waals surface area contributed by atoms with Gasteiger partial charge in [-0.1, -0.05) is 13.8 Å². The van der Waals surface area contributed by atoms with Gasteiger partial charge in [0.05, 0.1) is 24.6 Å². The molecular formula is C27H32F2N4O4. The normalized spacial score (nSPS) is 24.1. The molecule has 10 heteroatoms. The second kappa shape index (κ2) is 10.3. The van der Waals surface area contributed by atoms with Crippen molar-refractivity contribution in [2.45, 2.75) is 45.6 Å². The molecule has 3 atom stereocenters. The second-order valence-corrected chi connectivity index (χ2v) is 10.2. The number of pyridine rings is 1. The lowest BCUT2D eigenvalue weighted by Gasteiger charge is -2.37. The van der Waals surface area contributed by atoms with Crippen molar-refractivity contribution in [1.29, 1.82) is 0 Å². The van der Waals surface area contributed by atoms with Gasteiger partial charge in [0.2, 0.25) is 0 Å². The molecule has 5 rings (SSSR count). The monoisotopic (exact) mass is 514 g/mol. The highest BCUT2D eigenvalue weighted by Crippen LogP contribution is 2.41. The summed E-state index contributed by atoms with van der Waals surface area (Å²) in [7, 11) is 0. The van der Waals surface area contributed by atoms with Crippen LogP contribution in [0.4, 0.5) is 14.5 Å². The standard InChI is InChI=1S/C27H32F2N4O4/c1-15(2)27(13-34)12-32-26(36-14-27)33-17-9-20(28)24(21(29)10-17)37-22-6-7-30-25-23(22)19(11-31-25)18-5-4-8-35-16(18)3/h6-7,9-11,15-16,18,34H,4-5,8,12-14H2,1-3H3,(H,30,31)(H,32,33)/t16?,18?,27-/m0/s1. The van der Waals surface area contributed by atoms with Gasteiger partial charge in [0, 0.05) is 48.2 Å². The summed E-state index contributed by atoms with van der Waals surface area (Å²) in [5, 5.41) is 13.3. The van der Waals surface area contributed by atoms with Gasteiger partial charge in [0.25, 0.3) is 6.02 Å². The minimum atomic E-state index is -0.873. The highest BCUT2D eigenvalue weighted by Gasteiger charge is 2.37. The Balaban J connectivity index is 1.39. The molecular weight excluding hydrogens is 482 g/mol. The molecule has 1 aromatic carbocycles. The number of halogens is 2. The molecule has 2 aliphatic heterocycles. The number of hydrogen-bond donors (Lipinski definition) is 3. The van der Waals surface area contributed by atoms with E-state index in [1.807, 2.05) is 27.0 Å². The first-order valence-corrected chi connectivity index (χ1v) is 12.6. The van der Waals surface area contributed by atoms with Crippen LogP contribution in [0, 0.1) is 23.0 Å². The fourth-order valence-corrected chi connectivity index (χ4v) is 4.96. The summed E-state index contributed by atoms with van der Waals surface area (Å²) in [4.78, 5) is 11.8. The first-order chi connectivity index (χ1) is 17.8. The number of amidine groups is 1. The fourth-order valence-electron chi connectivity index (χ4n) is 4.96. The minimum Gasteiger partial charge on any atom is -0.464 e. The van der Waals surface area contributed by atoms with Crippen LogP contribution >= 0.6 is 0 Å². The molecule has 1 saturated heterocycles. The smallest absolute Gasteiger partial charge is 0.289 e. The zero-order valence-electron chi connectivity index (χ0n) is 21.2. The summed E-state index contributed by atoms with van der Waals surface area (Å²) in [6, 6.07) is 4.02. The van der Waals surface area contributed by atoms with Crippen molar-refractivity contribution in [1.82, 2.24) is 9.97 Å². The Hall–Kier alpha value is -3.24. The van der Waals surface area contributed by atoms with E-state index in [1.54, 1.807) is 6.07 Å². The number of H-pyrrole nitrogens is 1.